The highest BCUT2D eigenvalue weighted by atomic mass is 35.5. The molecule has 1 aromatic rings. The van der Waals surface area contributed by atoms with Crippen molar-refractivity contribution in [3.05, 3.63) is 16.4 Å². The Labute approximate surface area is 121 Å². The normalized spacial score (nSPS) is 24.9. The van der Waals surface area contributed by atoms with Crippen molar-refractivity contribution in [3.63, 3.8) is 0 Å². The Morgan fingerprint density at radius 1 is 1.42 bits per heavy atom. The molecule has 0 saturated carbocycles. The summed E-state index contributed by atoms with van der Waals surface area (Å²) in [6.07, 6.45) is 2.05. The highest BCUT2D eigenvalue weighted by Gasteiger charge is 2.26. The molecule has 1 aromatic heterocycles. The van der Waals surface area contributed by atoms with E-state index in [9.17, 15) is 0 Å². The lowest BCUT2D eigenvalue weighted by molar-refractivity contribution is 0.121. The van der Waals surface area contributed by atoms with E-state index < -0.39 is 0 Å². The van der Waals surface area contributed by atoms with E-state index in [1.807, 2.05) is 11.7 Å². The molecule has 1 N–H and O–H groups in total. The van der Waals surface area contributed by atoms with Crippen LogP contribution in [0.25, 0.3) is 0 Å². The van der Waals surface area contributed by atoms with Gasteiger partial charge in [0.1, 0.15) is 0 Å². The summed E-state index contributed by atoms with van der Waals surface area (Å²) in [5.74, 6) is 0. The standard InChI is InChI=1S/C14H25ClN4/c1-5-11-7-16-10(3)8-19(11)9-13-14(15)12(6-2)17-18(13)4/h10-11,16H,5-9H2,1-4H3. The van der Waals surface area contributed by atoms with Gasteiger partial charge in [-0.2, -0.15) is 5.10 Å². The summed E-state index contributed by atoms with van der Waals surface area (Å²) >= 11 is 6.45. The summed E-state index contributed by atoms with van der Waals surface area (Å²) in [5, 5.41) is 8.91. The molecular weight excluding hydrogens is 260 g/mol. The van der Waals surface area contributed by atoms with Crippen molar-refractivity contribution in [2.75, 3.05) is 13.1 Å². The number of nitrogens with zero attached hydrogens (tertiary/aromatic N) is 3. The Balaban J connectivity index is 2.16. The highest BCUT2D eigenvalue weighted by Crippen LogP contribution is 2.24. The van der Waals surface area contributed by atoms with Crippen LogP contribution < -0.4 is 5.32 Å². The van der Waals surface area contributed by atoms with Gasteiger partial charge in [0, 0.05) is 38.8 Å². The third-order valence-electron chi connectivity index (χ3n) is 4.05. The molecule has 0 spiro atoms. The van der Waals surface area contributed by atoms with Crippen LogP contribution in [0.1, 0.15) is 38.6 Å². The van der Waals surface area contributed by atoms with Crippen molar-refractivity contribution in [1.82, 2.24) is 20.0 Å². The van der Waals surface area contributed by atoms with Crippen molar-refractivity contribution in [2.45, 2.75) is 52.2 Å². The molecule has 4 nitrogen and oxygen atoms in total. The fourth-order valence-corrected chi connectivity index (χ4v) is 3.17. The van der Waals surface area contributed by atoms with E-state index in [2.05, 4.69) is 36.1 Å². The number of hydrogen-bond donors (Lipinski definition) is 1. The topological polar surface area (TPSA) is 33.1 Å². The van der Waals surface area contributed by atoms with Crippen LogP contribution >= 0.6 is 11.6 Å². The van der Waals surface area contributed by atoms with Crippen LogP contribution in [-0.4, -0.2) is 39.9 Å². The number of rotatable bonds is 4. The van der Waals surface area contributed by atoms with E-state index in [0.29, 0.717) is 12.1 Å². The van der Waals surface area contributed by atoms with Gasteiger partial charge >= 0.3 is 0 Å². The van der Waals surface area contributed by atoms with Crippen LogP contribution in [-0.2, 0) is 20.0 Å². The minimum Gasteiger partial charge on any atom is -0.311 e. The van der Waals surface area contributed by atoms with Gasteiger partial charge in [-0.15, -0.1) is 0 Å². The molecule has 2 rings (SSSR count). The smallest absolute Gasteiger partial charge is 0.0863 e. The molecule has 5 heteroatoms. The van der Waals surface area contributed by atoms with E-state index in [-0.39, 0.29) is 0 Å². The lowest BCUT2D eigenvalue weighted by Crippen LogP contribution is -2.54. The molecule has 0 aromatic carbocycles. The molecule has 1 fully saturated rings. The Morgan fingerprint density at radius 2 is 2.16 bits per heavy atom. The lowest BCUT2D eigenvalue weighted by Gasteiger charge is -2.39. The molecule has 1 saturated heterocycles. The molecule has 1 aliphatic heterocycles. The van der Waals surface area contributed by atoms with E-state index in [4.69, 9.17) is 11.6 Å². The fraction of sp³-hybridized carbons (Fsp3) is 0.786. The predicted octanol–water partition coefficient (Wildman–Crippen LogP) is 2.21. The van der Waals surface area contributed by atoms with E-state index in [1.165, 1.54) is 0 Å². The maximum atomic E-state index is 6.45. The molecule has 1 aliphatic rings. The summed E-state index contributed by atoms with van der Waals surface area (Å²) < 4.78 is 1.95. The maximum absolute atomic E-state index is 6.45. The monoisotopic (exact) mass is 284 g/mol. The molecule has 0 bridgehead atoms. The summed E-state index contributed by atoms with van der Waals surface area (Å²) in [4.78, 5) is 2.53. The van der Waals surface area contributed by atoms with Crippen LogP contribution in [0.2, 0.25) is 5.02 Å². The minimum atomic E-state index is 0.542. The maximum Gasteiger partial charge on any atom is 0.0863 e. The van der Waals surface area contributed by atoms with Crippen LogP contribution in [0, 0.1) is 0 Å². The van der Waals surface area contributed by atoms with Crippen LogP contribution in [0.4, 0.5) is 0 Å². The second kappa shape index (κ2) is 6.25. The van der Waals surface area contributed by atoms with Crippen molar-refractivity contribution in [1.29, 1.82) is 0 Å². The van der Waals surface area contributed by atoms with E-state index in [1.54, 1.807) is 0 Å². The summed E-state index contributed by atoms with van der Waals surface area (Å²) in [6.45, 7) is 9.61. The molecule has 2 unspecified atom stereocenters. The zero-order valence-corrected chi connectivity index (χ0v) is 13.2. The number of nitrogens with one attached hydrogen (secondary N) is 1. The van der Waals surface area contributed by atoms with Crippen molar-refractivity contribution >= 4 is 11.6 Å². The summed E-state index contributed by atoms with van der Waals surface area (Å²) in [6, 6.07) is 1.13. The Morgan fingerprint density at radius 3 is 2.74 bits per heavy atom. The minimum absolute atomic E-state index is 0.542. The number of halogens is 1. The first-order valence-corrected chi connectivity index (χ1v) is 7.62. The molecule has 2 atom stereocenters. The fourth-order valence-electron chi connectivity index (χ4n) is 2.81. The van der Waals surface area contributed by atoms with Gasteiger partial charge < -0.3 is 5.32 Å². The third-order valence-corrected chi connectivity index (χ3v) is 4.49. The van der Waals surface area contributed by atoms with E-state index in [0.717, 1.165) is 48.9 Å². The molecule has 2 heterocycles. The van der Waals surface area contributed by atoms with Crippen molar-refractivity contribution < 1.29 is 0 Å². The van der Waals surface area contributed by atoms with Crippen LogP contribution in [0.3, 0.4) is 0 Å². The Bertz CT molecular complexity index is 429. The molecule has 0 aliphatic carbocycles. The number of aryl methyl sites for hydroxylation is 2. The average Bonchev–Trinajstić information content (AvgIpc) is 2.66. The number of hydrogen-bond acceptors (Lipinski definition) is 3. The zero-order valence-electron chi connectivity index (χ0n) is 12.4. The number of aromatic nitrogens is 2. The molecule has 0 amide bonds. The highest BCUT2D eigenvalue weighted by molar-refractivity contribution is 6.31. The quantitative estimate of drug-likeness (QED) is 0.920. The van der Waals surface area contributed by atoms with Gasteiger partial charge in [-0.25, -0.2) is 0 Å². The molecule has 0 radical (unpaired) electrons. The summed E-state index contributed by atoms with van der Waals surface area (Å²) in [7, 11) is 1.99. The Kier molecular flexibility index (Phi) is 4.87. The number of piperazine rings is 1. The third kappa shape index (κ3) is 3.12. The van der Waals surface area contributed by atoms with Gasteiger partial charge in [0.15, 0.2) is 0 Å². The van der Waals surface area contributed by atoms with Gasteiger partial charge in [-0.3, -0.25) is 9.58 Å². The second-order valence-electron chi connectivity index (χ2n) is 5.49. The lowest BCUT2D eigenvalue weighted by atomic mass is 10.1. The van der Waals surface area contributed by atoms with Gasteiger partial charge in [-0.1, -0.05) is 25.4 Å². The van der Waals surface area contributed by atoms with Crippen molar-refractivity contribution in [2.24, 2.45) is 7.05 Å². The largest absolute Gasteiger partial charge is 0.311 e. The first-order chi connectivity index (χ1) is 9.06. The van der Waals surface area contributed by atoms with Crippen molar-refractivity contribution in [3.8, 4) is 0 Å². The molecule has 19 heavy (non-hydrogen) atoms. The Hall–Kier alpha value is -0.580. The molecule has 108 valence electrons. The summed E-state index contributed by atoms with van der Waals surface area (Å²) in [5.41, 5.74) is 2.15. The first-order valence-electron chi connectivity index (χ1n) is 7.24. The molecular formula is C14H25ClN4. The van der Waals surface area contributed by atoms with Gasteiger partial charge in [-0.05, 0) is 19.8 Å². The average molecular weight is 285 g/mol. The van der Waals surface area contributed by atoms with Crippen LogP contribution in [0.15, 0.2) is 0 Å². The zero-order chi connectivity index (χ0) is 14.0. The first kappa shape index (κ1) is 14.8. The van der Waals surface area contributed by atoms with Gasteiger partial charge in [0.2, 0.25) is 0 Å². The van der Waals surface area contributed by atoms with Gasteiger partial charge in [0.05, 0.1) is 16.4 Å². The SMILES string of the molecule is CCc1nn(C)c(CN2CC(C)NCC2CC)c1Cl. The predicted molar refractivity (Wildman–Crippen MR) is 79.5 cm³/mol. The van der Waals surface area contributed by atoms with Gasteiger partial charge in [0.25, 0.3) is 0 Å². The second-order valence-corrected chi connectivity index (χ2v) is 5.86. The van der Waals surface area contributed by atoms with Crippen LogP contribution in [0.5, 0.6) is 0 Å². The van der Waals surface area contributed by atoms with E-state index >= 15 is 0 Å².